The molecule has 0 saturated carbocycles. The fourth-order valence-electron chi connectivity index (χ4n) is 0.369. The highest BCUT2D eigenvalue weighted by Gasteiger charge is 2.21. The van der Waals surface area contributed by atoms with Crippen molar-refractivity contribution < 1.29 is 9.47 Å². The second-order valence-corrected chi connectivity index (χ2v) is 1.31. The highest BCUT2D eigenvalue weighted by Crippen LogP contribution is 2.07. The van der Waals surface area contributed by atoms with Gasteiger partial charge in [-0.1, -0.05) is 0 Å². The summed E-state index contributed by atoms with van der Waals surface area (Å²) in [5, 5.41) is 0. The Morgan fingerprint density at radius 3 is 2.67 bits per heavy atom. The maximum atomic E-state index is 4.85. The number of hydrogen-bond donors (Lipinski definition) is 0. The molecule has 0 atom stereocenters. The molecule has 34 valence electrons. The summed E-state index contributed by atoms with van der Waals surface area (Å²) in [6.07, 6.45) is 0.981. The third-order valence-electron chi connectivity index (χ3n) is 0.694. The molecule has 1 saturated heterocycles. The van der Waals surface area contributed by atoms with E-state index in [1.54, 1.807) is 0 Å². The Morgan fingerprint density at radius 1 is 1.67 bits per heavy atom. The summed E-state index contributed by atoms with van der Waals surface area (Å²) >= 11 is 0. The maximum absolute atomic E-state index is 4.85. The molecule has 2 heteroatoms. The van der Waals surface area contributed by atoms with E-state index in [1.165, 1.54) is 0 Å². The van der Waals surface area contributed by atoms with Gasteiger partial charge >= 0.3 is 0 Å². The van der Waals surface area contributed by atoms with Crippen molar-refractivity contribution in [2.45, 2.75) is 6.92 Å². The van der Waals surface area contributed by atoms with Crippen LogP contribution in [0.1, 0.15) is 6.92 Å². The van der Waals surface area contributed by atoms with Gasteiger partial charge in [0, 0.05) is 0 Å². The van der Waals surface area contributed by atoms with E-state index in [9.17, 15) is 0 Å². The molecule has 0 aromatic heterocycles. The van der Waals surface area contributed by atoms with Crippen LogP contribution in [0.15, 0.2) is 0 Å². The van der Waals surface area contributed by atoms with E-state index in [1.807, 2.05) is 6.92 Å². The molecule has 2 nitrogen and oxygen atoms in total. The molecule has 0 bridgehead atoms. The summed E-state index contributed by atoms with van der Waals surface area (Å²) in [6.45, 7) is 3.04. The molecule has 0 radical (unpaired) electrons. The molecule has 0 unspecified atom stereocenters. The number of rotatable bonds is 0. The third kappa shape index (κ3) is 0.640. The van der Waals surface area contributed by atoms with Gasteiger partial charge in [-0.15, -0.1) is 0 Å². The Bertz CT molecular complexity index is 38.8. The van der Waals surface area contributed by atoms with Crippen LogP contribution in [0, 0.1) is 6.10 Å². The Morgan fingerprint density at radius 2 is 2.50 bits per heavy atom. The smallest absolute Gasteiger partial charge is 0.268 e. The second kappa shape index (κ2) is 1.49. The molecule has 0 N–H and O–H groups in total. The lowest BCUT2D eigenvalue weighted by Crippen LogP contribution is -1.87. The molecule has 0 spiro atoms. The molecule has 1 aliphatic heterocycles. The molecule has 6 heavy (non-hydrogen) atoms. The third-order valence-corrected chi connectivity index (χ3v) is 0.694. The molecule has 0 aromatic carbocycles. The standard InChI is InChI=1S/C4H7O2/c1-4-2-5-3-6-4/h2-3H2,1H3/q+1. The summed E-state index contributed by atoms with van der Waals surface area (Å²) < 4.78 is 9.64. The first-order valence-electron chi connectivity index (χ1n) is 1.92. The van der Waals surface area contributed by atoms with Crippen molar-refractivity contribution in [3.63, 3.8) is 0 Å². The lowest BCUT2D eigenvalue weighted by Gasteiger charge is -1.73. The fourth-order valence-corrected chi connectivity index (χ4v) is 0.369. The Balaban J connectivity index is 2.18. The molecule has 1 fully saturated rings. The summed E-state index contributed by atoms with van der Waals surface area (Å²) in [6, 6.07) is 0. The Kier molecular flexibility index (Phi) is 0.986. The molecular formula is C4H7O2+. The van der Waals surface area contributed by atoms with Crippen molar-refractivity contribution in [2.24, 2.45) is 0 Å². The van der Waals surface area contributed by atoms with Gasteiger partial charge in [-0.2, -0.15) is 4.74 Å². The summed E-state index contributed by atoms with van der Waals surface area (Å²) in [5.74, 6) is 0. The van der Waals surface area contributed by atoms with E-state index < -0.39 is 0 Å². The van der Waals surface area contributed by atoms with E-state index in [0.29, 0.717) is 13.4 Å². The lowest BCUT2D eigenvalue weighted by molar-refractivity contribution is 0.0713. The average molecular weight is 87.1 g/mol. The molecule has 1 aliphatic rings. The molecule has 0 aromatic rings. The van der Waals surface area contributed by atoms with E-state index in [4.69, 9.17) is 9.47 Å². The molecule has 1 heterocycles. The van der Waals surface area contributed by atoms with Crippen LogP contribution in [-0.2, 0) is 9.47 Å². The quantitative estimate of drug-likeness (QED) is 0.401. The minimum Gasteiger partial charge on any atom is -0.305 e. The van der Waals surface area contributed by atoms with Crippen LogP contribution in [0.5, 0.6) is 0 Å². The van der Waals surface area contributed by atoms with Crippen LogP contribution in [0.3, 0.4) is 0 Å². The highest BCUT2D eigenvalue weighted by atomic mass is 16.7. The van der Waals surface area contributed by atoms with Crippen molar-refractivity contribution in [2.75, 3.05) is 13.4 Å². The zero-order chi connectivity index (χ0) is 4.41. The van der Waals surface area contributed by atoms with Crippen molar-refractivity contribution in [3.8, 4) is 0 Å². The lowest BCUT2D eigenvalue weighted by atomic mass is 10.5. The molecule has 0 aliphatic carbocycles. The maximum Gasteiger partial charge on any atom is 0.268 e. The van der Waals surface area contributed by atoms with Crippen LogP contribution < -0.4 is 0 Å². The van der Waals surface area contributed by atoms with Gasteiger partial charge in [0.1, 0.15) is 6.92 Å². The SMILES string of the molecule is C[C+]1COCO1. The highest BCUT2D eigenvalue weighted by molar-refractivity contribution is 4.71. The van der Waals surface area contributed by atoms with Gasteiger partial charge in [0.15, 0.2) is 0 Å². The van der Waals surface area contributed by atoms with Crippen molar-refractivity contribution in [1.82, 2.24) is 0 Å². The van der Waals surface area contributed by atoms with Crippen molar-refractivity contribution >= 4 is 0 Å². The predicted molar refractivity (Wildman–Crippen MR) is 20.8 cm³/mol. The normalized spacial score (nSPS) is 22.5. The van der Waals surface area contributed by atoms with E-state index in [-0.39, 0.29) is 0 Å². The first-order chi connectivity index (χ1) is 2.89. The first kappa shape index (κ1) is 3.96. The molecular weight excluding hydrogens is 80.0 g/mol. The van der Waals surface area contributed by atoms with Gasteiger partial charge in [-0.3, -0.25) is 0 Å². The van der Waals surface area contributed by atoms with Crippen LogP contribution >= 0.6 is 0 Å². The predicted octanol–water partition coefficient (Wildman–Crippen LogP) is 0.543. The van der Waals surface area contributed by atoms with Gasteiger partial charge in [0.2, 0.25) is 13.4 Å². The number of ether oxygens (including phenoxy) is 2. The summed E-state index contributed by atoms with van der Waals surface area (Å²) in [5.41, 5.74) is 0. The van der Waals surface area contributed by atoms with E-state index in [0.717, 1.165) is 6.10 Å². The Hall–Kier alpha value is -0.210. The van der Waals surface area contributed by atoms with Crippen molar-refractivity contribution in [3.05, 3.63) is 6.10 Å². The Labute approximate surface area is 37.1 Å². The molecule has 1 rings (SSSR count). The average Bonchev–Trinajstić information content (AvgIpc) is 1.86. The first-order valence-corrected chi connectivity index (χ1v) is 1.92. The van der Waals surface area contributed by atoms with Crippen molar-refractivity contribution in [1.29, 1.82) is 0 Å². The van der Waals surface area contributed by atoms with Crippen LogP contribution in [0.2, 0.25) is 0 Å². The fraction of sp³-hybridized carbons (Fsp3) is 0.750. The second-order valence-electron chi connectivity index (χ2n) is 1.31. The van der Waals surface area contributed by atoms with Gasteiger partial charge in [0.05, 0.1) is 0 Å². The van der Waals surface area contributed by atoms with Crippen LogP contribution in [-0.4, -0.2) is 13.4 Å². The van der Waals surface area contributed by atoms with Gasteiger partial charge in [-0.05, 0) is 0 Å². The zero-order valence-corrected chi connectivity index (χ0v) is 3.73. The van der Waals surface area contributed by atoms with E-state index >= 15 is 0 Å². The minimum atomic E-state index is 0.450. The van der Waals surface area contributed by atoms with Crippen LogP contribution in [0.4, 0.5) is 0 Å². The van der Waals surface area contributed by atoms with Gasteiger partial charge in [-0.25, -0.2) is 0 Å². The van der Waals surface area contributed by atoms with Crippen LogP contribution in [0.25, 0.3) is 0 Å². The topological polar surface area (TPSA) is 18.5 Å². The largest absolute Gasteiger partial charge is 0.305 e. The monoisotopic (exact) mass is 87.0 g/mol. The van der Waals surface area contributed by atoms with Gasteiger partial charge < -0.3 is 4.74 Å². The van der Waals surface area contributed by atoms with Gasteiger partial charge in [0.25, 0.3) is 6.10 Å². The molecule has 0 amide bonds. The minimum absolute atomic E-state index is 0.450. The van der Waals surface area contributed by atoms with E-state index in [2.05, 4.69) is 0 Å². The number of hydrogen-bond acceptors (Lipinski definition) is 2. The zero-order valence-electron chi connectivity index (χ0n) is 3.73. The summed E-state index contributed by atoms with van der Waals surface area (Å²) in [7, 11) is 0. The summed E-state index contributed by atoms with van der Waals surface area (Å²) in [4.78, 5) is 0.